The number of hydrogen-bond acceptors (Lipinski definition) is 4. The highest BCUT2D eigenvalue weighted by Crippen LogP contribution is 2.20. The van der Waals surface area contributed by atoms with E-state index in [1.165, 1.54) is 7.11 Å². The van der Waals surface area contributed by atoms with Gasteiger partial charge in [-0.25, -0.2) is 4.39 Å². The van der Waals surface area contributed by atoms with Gasteiger partial charge < -0.3 is 19.5 Å². The van der Waals surface area contributed by atoms with E-state index in [9.17, 15) is 8.78 Å². The van der Waals surface area contributed by atoms with Gasteiger partial charge in [0.05, 0.1) is 7.11 Å². The topological polar surface area (TPSA) is 58.9 Å². The highest BCUT2D eigenvalue weighted by molar-refractivity contribution is 6.58. The molecule has 0 heterocycles. The summed E-state index contributed by atoms with van der Waals surface area (Å²) in [7, 11) is -0.363. The summed E-state index contributed by atoms with van der Waals surface area (Å²) in [6, 6.07) is 8.62. The number of ether oxygens (including phenoxy) is 2. The van der Waals surface area contributed by atoms with E-state index in [0.29, 0.717) is 11.8 Å². The zero-order valence-electron chi connectivity index (χ0n) is 11.2. The van der Waals surface area contributed by atoms with Crippen molar-refractivity contribution >= 4 is 12.6 Å². The quantitative estimate of drug-likeness (QED) is 0.814. The van der Waals surface area contributed by atoms with Gasteiger partial charge in [0, 0.05) is 0 Å². The molecule has 0 atom stereocenters. The fourth-order valence-electron chi connectivity index (χ4n) is 1.72. The van der Waals surface area contributed by atoms with Gasteiger partial charge in [-0.2, -0.15) is 4.39 Å². The van der Waals surface area contributed by atoms with E-state index in [2.05, 4.69) is 0 Å². The number of benzene rings is 2. The molecular weight excluding hydrogens is 281 g/mol. The molecule has 0 saturated heterocycles. The Labute approximate surface area is 120 Å². The first-order chi connectivity index (χ1) is 10.0. The second kappa shape index (κ2) is 6.56. The standard InChI is InChI=1S/C14H13BF2O4/c1-20-11-4-2-9(3-5-11)8-21-13-7-10(15(18)19)6-12(16)14(13)17/h2-7,18-19H,8H2,1H3. The minimum Gasteiger partial charge on any atom is -0.497 e. The molecule has 0 bridgehead atoms. The normalized spacial score (nSPS) is 10.3. The van der Waals surface area contributed by atoms with Crippen LogP contribution in [0.1, 0.15) is 5.56 Å². The Hall–Kier alpha value is -2.12. The predicted octanol–water partition coefficient (Wildman–Crippen LogP) is 1.23. The van der Waals surface area contributed by atoms with E-state index in [-0.39, 0.29) is 17.8 Å². The third-order valence-electron chi connectivity index (χ3n) is 2.87. The van der Waals surface area contributed by atoms with Gasteiger partial charge in [0.25, 0.3) is 0 Å². The average molecular weight is 294 g/mol. The van der Waals surface area contributed by atoms with Crippen LogP contribution in [0.15, 0.2) is 36.4 Å². The van der Waals surface area contributed by atoms with Crippen LogP contribution in [0, 0.1) is 11.6 Å². The summed E-state index contributed by atoms with van der Waals surface area (Å²) in [4.78, 5) is 0. The van der Waals surface area contributed by atoms with Gasteiger partial charge in [-0.15, -0.1) is 0 Å². The van der Waals surface area contributed by atoms with E-state index in [1.807, 2.05) is 0 Å². The molecule has 2 N–H and O–H groups in total. The summed E-state index contributed by atoms with van der Waals surface area (Å²) in [5.74, 6) is -2.09. The maximum atomic E-state index is 13.6. The maximum absolute atomic E-state index is 13.6. The zero-order valence-corrected chi connectivity index (χ0v) is 11.2. The van der Waals surface area contributed by atoms with Gasteiger partial charge in [-0.05, 0) is 35.3 Å². The van der Waals surface area contributed by atoms with Crippen molar-refractivity contribution in [2.45, 2.75) is 6.61 Å². The molecule has 2 aromatic rings. The van der Waals surface area contributed by atoms with Crippen molar-refractivity contribution in [1.29, 1.82) is 0 Å². The molecule has 0 radical (unpaired) electrons. The molecule has 0 aliphatic rings. The summed E-state index contributed by atoms with van der Waals surface area (Å²) < 4.78 is 37.1. The summed E-state index contributed by atoms with van der Waals surface area (Å²) in [5.41, 5.74) is 0.546. The number of hydrogen-bond donors (Lipinski definition) is 2. The van der Waals surface area contributed by atoms with Crippen LogP contribution in [0.3, 0.4) is 0 Å². The van der Waals surface area contributed by atoms with Crippen molar-refractivity contribution in [3.05, 3.63) is 53.6 Å². The molecule has 21 heavy (non-hydrogen) atoms. The Morgan fingerprint density at radius 2 is 1.76 bits per heavy atom. The Bertz CT molecular complexity index is 617. The minimum atomic E-state index is -1.90. The number of rotatable bonds is 5. The molecule has 4 nitrogen and oxygen atoms in total. The molecule has 0 saturated carbocycles. The molecule has 2 aromatic carbocycles. The fourth-order valence-corrected chi connectivity index (χ4v) is 1.72. The lowest BCUT2D eigenvalue weighted by molar-refractivity contribution is 0.284. The lowest BCUT2D eigenvalue weighted by Gasteiger charge is -2.10. The summed E-state index contributed by atoms with van der Waals surface area (Å²) in [6.07, 6.45) is 0. The highest BCUT2D eigenvalue weighted by atomic mass is 19.2. The second-order valence-corrected chi connectivity index (χ2v) is 4.33. The molecule has 0 aliphatic heterocycles. The molecule has 0 amide bonds. The fraction of sp³-hybridized carbons (Fsp3) is 0.143. The first-order valence-corrected chi connectivity index (χ1v) is 6.12. The van der Waals surface area contributed by atoms with Crippen LogP contribution in [0.4, 0.5) is 8.78 Å². The Balaban J connectivity index is 2.15. The molecule has 0 aliphatic carbocycles. The molecule has 0 fully saturated rings. The Morgan fingerprint density at radius 3 is 2.33 bits per heavy atom. The smallest absolute Gasteiger partial charge is 0.488 e. The first kappa shape index (κ1) is 15.3. The van der Waals surface area contributed by atoms with Gasteiger partial charge in [-0.3, -0.25) is 0 Å². The van der Waals surface area contributed by atoms with Crippen molar-refractivity contribution in [3.8, 4) is 11.5 Å². The largest absolute Gasteiger partial charge is 0.497 e. The third-order valence-corrected chi connectivity index (χ3v) is 2.87. The van der Waals surface area contributed by atoms with Crippen LogP contribution in [-0.4, -0.2) is 24.3 Å². The van der Waals surface area contributed by atoms with E-state index in [4.69, 9.17) is 19.5 Å². The predicted molar refractivity (Wildman–Crippen MR) is 73.5 cm³/mol. The van der Waals surface area contributed by atoms with Gasteiger partial charge in [-0.1, -0.05) is 12.1 Å². The maximum Gasteiger partial charge on any atom is 0.488 e. The van der Waals surface area contributed by atoms with Gasteiger partial charge in [0.15, 0.2) is 11.6 Å². The zero-order chi connectivity index (χ0) is 15.4. The van der Waals surface area contributed by atoms with Gasteiger partial charge >= 0.3 is 7.12 Å². The molecule has 0 spiro atoms. The summed E-state index contributed by atoms with van der Waals surface area (Å²) >= 11 is 0. The summed E-state index contributed by atoms with van der Waals surface area (Å²) in [6.45, 7) is 0.00529. The van der Waals surface area contributed by atoms with Gasteiger partial charge in [0.2, 0.25) is 5.82 Å². The van der Waals surface area contributed by atoms with Gasteiger partial charge in [0.1, 0.15) is 12.4 Å². The molecule has 7 heteroatoms. The van der Waals surface area contributed by atoms with Crippen molar-refractivity contribution in [1.82, 2.24) is 0 Å². The van der Waals surface area contributed by atoms with Crippen LogP contribution >= 0.6 is 0 Å². The number of halogens is 2. The molecule has 0 unspecified atom stereocenters. The van der Waals surface area contributed by atoms with Crippen LogP contribution < -0.4 is 14.9 Å². The van der Waals surface area contributed by atoms with E-state index >= 15 is 0 Å². The van der Waals surface area contributed by atoms with Crippen LogP contribution in [0.25, 0.3) is 0 Å². The first-order valence-electron chi connectivity index (χ1n) is 6.12. The van der Waals surface area contributed by atoms with Crippen molar-refractivity contribution in [2.75, 3.05) is 7.11 Å². The highest BCUT2D eigenvalue weighted by Gasteiger charge is 2.18. The molecule has 110 valence electrons. The van der Waals surface area contributed by atoms with E-state index < -0.39 is 18.8 Å². The van der Waals surface area contributed by atoms with Crippen molar-refractivity contribution in [3.63, 3.8) is 0 Å². The van der Waals surface area contributed by atoms with Crippen molar-refractivity contribution < 1.29 is 28.3 Å². The lowest BCUT2D eigenvalue weighted by Crippen LogP contribution is -2.30. The third kappa shape index (κ3) is 3.71. The molecule has 2 rings (SSSR count). The average Bonchev–Trinajstić information content (AvgIpc) is 2.49. The second-order valence-electron chi connectivity index (χ2n) is 4.33. The Morgan fingerprint density at radius 1 is 1.10 bits per heavy atom. The molecule has 0 aromatic heterocycles. The SMILES string of the molecule is COc1ccc(COc2cc(B(O)O)cc(F)c2F)cc1. The van der Waals surface area contributed by atoms with Crippen LogP contribution in [0.2, 0.25) is 0 Å². The Kier molecular flexibility index (Phi) is 4.77. The lowest BCUT2D eigenvalue weighted by atomic mass is 9.80. The van der Waals surface area contributed by atoms with Crippen LogP contribution in [-0.2, 0) is 6.61 Å². The molecular formula is C14H13BF2O4. The van der Waals surface area contributed by atoms with E-state index in [1.54, 1.807) is 24.3 Å². The monoisotopic (exact) mass is 294 g/mol. The minimum absolute atomic E-state index is 0.00529. The van der Waals surface area contributed by atoms with E-state index in [0.717, 1.165) is 11.6 Å². The van der Waals surface area contributed by atoms with Crippen molar-refractivity contribution in [2.24, 2.45) is 0 Å². The van der Waals surface area contributed by atoms with Crippen LogP contribution in [0.5, 0.6) is 11.5 Å². The summed E-state index contributed by atoms with van der Waals surface area (Å²) in [5, 5.41) is 18.0. The number of methoxy groups -OCH3 is 1.